The van der Waals surface area contributed by atoms with Crippen molar-refractivity contribution in [2.24, 2.45) is 0 Å². The van der Waals surface area contributed by atoms with Crippen LogP contribution in [0.15, 0.2) is 35.0 Å². The van der Waals surface area contributed by atoms with E-state index in [0.717, 1.165) is 5.56 Å². The molecule has 2 aromatic rings. The molecule has 1 saturated carbocycles. The van der Waals surface area contributed by atoms with Crippen molar-refractivity contribution in [3.05, 3.63) is 47.6 Å². The molecular weight excluding hydrogens is 247 g/mol. The number of benzene rings is 1. The summed E-state index contributed by atoms with van der Waals surface area (Å²) in [5.74, 6) is 0.506. The van der Waals surface area contributed by atoms with Gasteiger partial charge in [0.15, 0.2) is 17.3 Å². The molecule has 1 heterocycles. The highest BCUT2D eigenvalue weighted by molar-refractivity contribution is 5.35. The Morgan fingerprint density at radius 1 is 1.37 bits per heavy atom. The predicted octanol–water partition coefficient (Wildman–Crippen LogP) is 2.64. The topological polar surface area (TPSA) is 47.3 Å². The van der Waals surface area contributed by atoms with Crippen molar-refractivity contribution in [1.82, 2.24) is 10.5 Å². The summed E-state index contributed by atoms with van der Waals surface area (Å²) in [6, 6.07) is 7.24. The van der Waals surface area contributed by atoms with Gasteiger partial charge in [-0.05, 0) is 18.9 Å². The molecule has 0 amide bonds. The fourth-order valence-corrected chi connectivity index (χ4v) is 1.86. The quantitative estimate of drug-likeness (QED) is 0.869. The number of para-hydroxylation sites is 1. The summed E-state index contributed by atoms with van der Waals surface area (Å²) in [6.45, 7) is 0.797. The Bertz CT molecular complexity index is 538. The second-order valence-corrected chi connectivity index (χ2v) is 4.65. The van der Waals surface area contributed by atoms with E-state index in [2.05, 4.69) is 10.5 Å². The molecule has 1 aromatic carbocycles. The second-order valence-electron chi connectivity index (χ2n) is 4.65. The number of hydrogen-bond donors (Lipinski definition) is 1. The van der Waals surface area contributed by atoms with Gasteiger partial charge in [-0.1, -0.05) is 17.3 Å². The van der Waals surface area contributed by atoms with Crippen molar-refractivity contribution in [2.45, 2.75) is 32.0 Å². The van der Waals surface area contributed by atoms with Crippen LogP contribution in [0.25, 0.3) is 0 Å². The number of rotatable bonds is 6. The van der Waals surface area contributed by atoms with Crippen LogP contribution < -0.4 is 10.1 Å². The first-order valence-electron chi connectivity index (χ1n) is 6.36. The van der Waals surface area contributed by atoms with Gasteiger partial charge in [0.2, 0.25) is 0 Å². The minimum Gasteiger partial charge on any atom is -0.482 e. The SMILES string of the molecule is Fc1cccc(CNC2CC2)c1OCc1ccno1. The van der Waals surface area contributed by atoms with E-state index < -0.39 is 0 Å². The zero-order valence-corrected chi connectivity index (χ0v) is 10.4. The van der Waals surface area contributed by atoms with Gasteiger partial charge in [-0.2, -0.15) is 0 Å². The molecule has 0 spiro atoms. The molecule has 100 valence electrons. The molecule has 0 aliphatic heterocycles. The van der Waals surface area contributed by atoms with Crippen LogP contribution in [-0.4, -0.2) is 11.2 Å². The van der Waals surface area contributed by atoms with Crippen molar-refractivity contribution in [3.8, 4) is 5.75 Å². The molecule has 5 heteroatoms. The first-order valence-corrected chi connectivity index (χ1v) is 6.36. The zero-order valence-electron chi connectivity index (χ0n) is 10.4. The van der Waals surface area contributed by atoms with Crippen LogP contribution in [0.4, 0.5) is 4.39 Å². The summed E-state index contributed by atoms with van der Waals surface area (Å²) in [4.78, 5) is 0. The summed E-state index contributed by atoms with van der Waals surface area (Å²) < 4.78 is 24.3. The first-order chi connectivity index (χ1) is 9.33. The van der Waals surface area contributed by atoms with Gasteiger partial charge >= 0.3 is 0 Å². The van der Waals surface area contributed by atoms with Gasteiger partial charge in [-0.15, -0.1) is 0 Å². The van der Waals surface area contributed by atoms with E-state index in [0.29, 0.717) is 18.3 Å². The highest BCUT2D eigenvalue weighted by Gasteiger charge is 2.21. The number of nitrogens with one attached hydrogen (secondary N) is 1. The maximum absolute atomic E-state index is 13.8. The highest BCUT2D eigenvalue weighted by Crippen LogP contribution is 2.25. The average molecular weight is 262 g/mol. The fraction of sp³-hybridized carbons (Fsp3) is 0.357. The number of aromatic nitrogens is 1. The van der Waals surface area contributed by atoms with Gasteiger partial charge in [0.25, 0.3) is 0 Å². The molecule has 0 unspecified atom stereocenters. The average Bonchev–Trinajstić information content (AvgIpc) is 3.10. The lowest BCUT2D eigenvalue weighted by atomic mass is 10.2. The van der Waals surface area contributed by atoms with E-state index in [1.54, 1.807) is 12.1 Å². The van der Waals surface area contributed by atoms with Gasteiger partial charge in [-0.25, -0.2) is 4.39 Å². The van der Waals surface area contributed by atoms with E-state index in [-0.39, 0.29) is 18.2 Å². The minimum absolute atomic E-state index is 0.178. The maximum Gasteiger partial charge on any atom is 0.174 e. The molecule has 1 fully saturated rings. The summed E-state index contributed by atoms with van der Waals surface area (Å²) in [5, 5.41) is 6.94. The molecule has 1 aliphatic rings. The third-order valence-corrected chi connectivity index (χ3v) is 3.06. The molecule has 1 aliphatic carbocycles. The molecule has 1 N–H and O–H groups in total. The van der Waals surface area contributed by atoms with E-state index in [1.807, 2.05) is 6.07 Å². The monoisotopic (exact) mass is 262 g/mol. The Labute approximate surface area is 110 Å². The van der Waals surface area contributed by atoms with E-state index in [4.69, 9.17) is 9.26 Å². The standard InChI is InChI=1S/C14H15FN2O2/c15-13-3-1-2-10(8-16-11-4-5-11)14(13)18-9-12-6-7-17-19-12/h1-3,6-7,11,16H,4-5,8-9H2. The molecule has 1 aromatic heterocycles. The Kier molecular flexibility index (Phi) is 3.46. The second kappa shape index (κ2) is 5.40. The summed E-state index contributed by atoms with van der Waals surface area (Å²) in [6.07, 6.45) is 3.93. The Balaban J connectivity index is 1.69. The van der Waals surface area contributed by atoms with Crippen molar-refractivity contribution in [1.29, 1.82) is 0 Å². The van der Waals surface area contributed by atoms with Crippen molar-refractivity contribution in [3.63, 3.8) is 0 Å². The Morgan fingerprint density at radius 2 is 2.26 bits per heavy atom. The van der Waals surface area contributed by atoms with E-state index in [1.165, 1.54) is 25.1 Å². The van der Waals surface area contributed by atoms with Crippen molar-refractivity contribution in [2.75, 3.05) is 0 Å². The molecular formula is C14H15FN2O2. The highest BCUT2D eigenvalue weighted by atomic mass is 19.1. The van der Waals surface area contributed by atoms with Gasteiger partial charge in [0.1, 0.15) is 6.61 Å². The van der Waals surface area contributed by atoms with Crippen LogP contribution >= 0.6 is 0 Å². The van der Waals surface area contributed by atoms with Crippen molar-refractivity contribution >= 4 is 0 Å². The lowest BCUT2D eigenvalue weighted by molar-refractivity contribution is 0.238. The third-order valence-electron chi connectivity index (χ3n) is 3.06. The molecule has 3 rings (SSSR count). The van der Waals surface area contributed by atoms with E-state index >= 15 is 0 Å². The molecule has 0 bridgehead atoms. The van der Waals surface area contributed by atoms with Crippen LogP contribution in [0.1, 0.15) is 24.2 Å². The molecule has 19 heavy (non-hydrogen) atoms. The van der Waals surface area contributed by atoms with Crippen LogP contribution in [0.5, 0.6) is 5.75 Å². The van der Waals surface area contributed by atoms with Crippen molar-refractivity contribution < 1.29 is 13.7 Å². The minimum atomic E-state index is -0.352. The number of halogens is 1. The normalized spacial score (nSPS) is 14.6. The lowest BCUT2D eigenvalue weighted by Gasteiger charge is -2.11. The van der Waals surface area contributed by atoms with Crippen LogP contribution in [0.2, 0.25) is 0 Å². The lowest BCUT2D eigenvalue weighted by Crippen LogP contribution is -2.16. The number of hydrogen-bond acceptors (Lipinski definition) is 4. The largest absolute Gasteiger partial charge is 0.482 e. The molecule has 0 saturated heterocycles. The Hall–Kier alpha value is -1.88. The predicted molar refractivity (Wildman–Crippen MR) is 67.1 cm³/mol. The third kappa shape index (κ3) is 3.12. The summed E-state index contributed by atoms with van der Waals surface area (Å²) in [5.41, 5.74) is 0.825. The zero-order chi connectivity index (χ0) is 13.1. The molecule has 0 radical (unpaired) electrons. The fourth-order valence-electron chi connectivity index (χ4n) is 1.86. The van der Waals surface area contributed by atoms with Crippen LogP contribution in [-0.2, 0) is 13.2 Å². The van der Waals surface area contributed by atoms with Gasteiger partial charge < -0.3 is 14.6 Å². The van der Waals surface area contributed by atoms with E-state index in [9.17, 15) is 4.39 Å². The van der Waals surface area contributed by atoms with Gasteiger partial charge in [0.05, 0.1) is 6.20 Å². The van der Waals surface area contributed by atoms with Gasteiger partial charge in [0, 0.05) is 24.2 Å². The number of nitrogens with zero attached hydrogens (tertiary/aromatic N) is 1. The van der Waals surface area contributed by atoms with Crippen LogP contribution in [0, 0.1) is 5.82 Å². The van der Waals surface area contributed by atoms with Gasteiger partial charge in [-0.3, -0.25) is 0 Å². The van der Waals surface area contributed by atoms with Crippen LogP contribution in [0.3, 0.4) is 0 Å². The summed E-state index contributed by atoms with van der Waals surface area (Å²) in [7, 11) is 0. The Morgan fingerprint density at radius 3 is 3.00 bits per heavy atom. The maximum atomic E-state index is 13.8. The summed E-state index contributed by atoms with van der Waals surface area (Å²) >= 11 is 0. The first kappa shape index (κ1) is 12.2. The molecule has 0 atom stereocenters. The smallest absolute Gasteiger partial charge is 0.174 e. The number of ether oxygens (including phenoxy) is 1. The molecule has 4 nitrogen and oxygen atoms in total.